The van der Waals surface area contributed by atoms with Crippen LogP contribution >= 0.6 is 27.5 Å². The molecule has 20 heavy (non-hydrogen) atoms. The largest absolute Gasteiger partial charge is 0.481 e. The number of hydrogen-bond acceptors (Lipinski definition) is 2. The van der Waals surface area contributed by atoms with Gasteiger partial charge in [0.05, 0.1) is 11.1 Å². The van der Waals surface area contributed by atoms with Gasteiger partial charge in [0.15, 0.2) is 0 Å². The molecule has 0 unspecified atom stereocenters. The lowest BCUT2D eigenvalue weighted by Crippen LogP contribution is -2.36. The van der Waals surface area contributed by atoms with Crippen LogP contribution < -0.4 is 10.6 Å². The molecule has 0 saturated heterocycles. The van der Waals surface area contributed by atoms with Crippen molar-refractivity contribution in [3.63, 3.8) is 0 Å². The highest BCUT2D eigenvalue weighted by Crippen LogP contribution is 2.45. The van der Waals surface area contributed by atoms with E-state index in [2.05, 4.69) is 26.6 Å². The zero-order valence-electron chi connectivity index (χ0n) is 10.8. The van der Waals surface area contributed by atoms with E-state index in [1.54, 1.807) is 12.1 Å². The summed E-state index contributed by atoms with van der Waals surface area (Å²) in [6.45, 7) is 1.99. The second-order valence-electron chi connectivity index (χ2n) is 4.97. The van der Waals surface area contributed by atoms with Crippen molar-refractivity contribution >= 4 is 45.2 Å². The number of nitrogens with one attached hydrogen (secondary N) is 2. The number of aryl methyl sites for hydroxylation is 1. The first-order chi connectivity index (χ1) is 9.34. The van der Waals surface area contributed by atoms with Gasteiger partial charge in [-0.2, -0.15) is 0 Å². The van der Waals surface area contributed by atoms with E-state index in [1.807, 2.05) is 6.92 Å². The van der Waals surface area contributed by atoms with Gasteiger partial charge in [0.2, 0.25) is 0 Å². The molecular weight excluding hydrogens is 348 g/mol. The van der Waals surface area contributed by atoms with Gasteiger partial charge in [0, 0.05) is 16.0 Å². The molecule has 1 aliphatic rings. The van der Waals surface area contributed by atoms with E-state index in [9.17, 15) is 9.59 Å². The normalized spacial score (nSPS) is 15.6. The molecular formula is C13H14BrClN2O3. The molecule has 0 atom stereocenters. The standard InChI is InChI=1S/C13H14BrClN2O3/c1-7-4-8(14)10(5-9(7)15)17-12(20)16-6-13(2-3-13)11(18)19/h4-5H,2-3,6H2,1H3,(H,18,19)(H2,16,17,20). The Balaban J connectivity index is 1.95. The van der Waals surface area contributed by atoms with Gasteiger partial charge in [0.25, 0.3) is 0 Å². The first-order valence-electron chi connectivity index (χ1n) is 6.08. The number of carbonyl (C=O) groups excluding carboxylic acids is 1. The lowest BCUT2D eigenvalue weighted by molar-refractivity contribution is -0.143. The van der Waals surface area contributed by atoms with Crippen molar-refractivity contribution in [2.24, 2.45) is 5.41 Å². The predicted molar refractivity (Wildman–Crippen MR) is 80.2 cm³/mol. The first-order valence-corrected chi connectivity index (χ1v) is 7.25. The summed E-state index contributed by atoms with van der Waals surface area (Å²) in [5, 5.41) is 14.8. The van der Waals surface area contributed by atoms with Crippen LogP contribution in [0.4, 0.5) is 10.5 Å². The molecule has 0 radical (unpaired) electrons. The summed E-state index contributed by atoms with van der Waals surface area (Å²) in [5.74, 6) is -0.864. The van der Waals surface area contributed by atoms with Crippen molar-refractivity contribution in [3.05, 3.63) is 27.2 Å². The van der Waals surface area contributed by atoms with Crippen LogP contribution in [-0.4, -0.2) is 23.7 Å². The van der Waals surface area contributed by atoms with Crippen LogP contribution in [0.3, 0.4) is 0 Å². The molecule has 1 saturated carbocycles. The molecule has 1 aromatic carbocycles. The van der Waals surface area contributed by atoms with E-state index >= 15 is 0 Å². The van der Waals surface area contributed by atoms with Crippen LogP contribution in [0.2, 0.25) is 5.02 Å². The molecule has 7 heteroatoms. The van der Waals surface area contributed by atoms with Crippen molar-refractivity contribution in [3.8, 4) is 0 Å². The van der Waals surface area contributed by atoms with Crippen molar-refractivity contribution < 1.29 is 14.7 Å². The Labute approximate surface area is 129 Å². The number of halogens is 2. The third kappa shape index (κ3) is 3.24. The zero-order chi connectivity index (χ0) is 14.9. The molecule has 2 rings (SSSR count). The fraction of sp³-hybridized carbons (Fsp3) is 0.385. The molecule has 0 aromatic heterocycles. The highest BCUT2D eigenvalue weighted by atomic mass is 79.9. The molecule has 0 bridgehead atoms. The zero-order valence-corrected chi connectivity index (χ0v) is 13.1. The fourth-order valence-electron chi connectivity index (χ4n) is 1.78. The van der Waals surface area contributed by atoms with Gasteiger partial charge < -0.3 is 15.7 Å². The Kier molecular flexibility index (Phi) is 4.25. The van der Waals surface area contributed by atoms with Crippen LogP contribution in [0, 0.1) is 12.3 Å². The van der Waals surface area contributed by atoms with Crippen LogP contribution in [-0.2, 0) is 4.79 Å². The number of amides is 2. The molecule has 0 aliphatic heterocycles. The fourth-order valence-corrected chi connectivity index (χ4v) is 2.50. The van der Waals surface area contributed by atoms with Gasteiger partial charge in [-0.15, -0.1) is 0 Å². The molecule has 3 N–H and O–H groups in total. The van der Waals surface area contributed by atoms with E-state index in [-0.39, 0.29) is 6.54 Å². The minimum Gasteiger partial charge on any atom is -0.481 e. The molecule has 1 aromatic rings. The van der Waals surface area contributed by atoms with Gasteiger partial charge in [-0.1, -0.05) is 11.6 Å². The molecule has 5 nitrogen and oxygen atoms in total. The average molecular weight is 362 g/mol. The number of benzene rings is 1. The Morgan fingerprint density at radius 1 is 1.45 bits per heavy atom. The highest BCUT2D eigenvalue weighted by molar-refractivity contribution is 9.10. The third-order valence-electron chi connectivity index (χ3n) is 3.39. The Hall–Kier alpha value is -1.27. The lowest BCUT2D eigenvalue weighted by Gasteiger charge is -2.13. The van der Waals surface area contributed by atoms with E-state index in [0.29, 0.717) is 28.0 Å². The van der Waals surface area contributed by atoms with Gasteiger partial charge in [-0.25, -0.2) is 4.79 Å². The van der Waals surface area contributed by atoms with Gasteiger partial charge in [-0.05, 0) is 53.4 Å². The van der Waals surface area contributed by atoms with Crippen molar-refractivity contribution in [1.29, 1.82) is 0 Å². The van der Waals surface area contributed by atoms with Crippen molar-refractivity contribution in [2.45, 2.75) is 19.8 Å². The number of anilines is 1. The summed E-state index contributed by atoms with van der Waals surface area (Å²) in [7, 11) is 0. The summed E-state index contributed by atoms with van der Waals surface area (Å²) in [5.41, 5.74) is 0.657. The summed E-state index contributed by atoms with van der Waals surface area (Å²) < 4.78 is 0.717. The lowest BCUT2D eigenvalue weighted by atomic mass is 10.1. The number of hydrogen-bond donors (Lipinski definition) is 3. The molecule has 108 valence electrons. The quantitative estimate of drug-likeness (QED) is 0.769. The Morgan fingerprint density at radius 3 is 2.65 bits per heavy atom. The molecule has 0 spiro atoms. The molecule has 0 heterocycles. The van der Waals surface area contributed by atoms with Crippen LogP contribution in [0.5, 0.6) is 0 Å². The number of carboxylic acids is 1. The third-order valence-corrected chi connectivity index (χ3v) is 4.45. The van der Waals surface area contributed by atoms with Crippen LogP contribution in [0.25, 0.3) is 0 Å². The number of carbonyl (C=O) groups is 2. The molecule has 1 aliphatic carbocycles. The Bertz CT molecular complexity index is 573. The second-order valence-corrected chi connectivity index (χ2v) is 6.24. The summed E-state index contributed by atoms with van der Waals surface area (Å²) in [4.78, 5) is 22.8. The number of aliphatic carboxylic acids is 1. The van der Waals surface area contributed by atoms with Crippen LogP contribution in [0.15, 0.2) is 16.6 Å². The topological polar surface area (TPSA) is 78.4 Å². The monoisotopic (exact) mass is 360 g/mol. The maximum absolute atomic E-state index is 11.8. The van der Waals surface area contributed by atoms with E-state index in [1.165, 1.54) is 0 Å². The number of carboxylic acid groups (broad SMARTS) is 1. The minimum absolute atomic E-state index is 0.130. The van der Waals surface area contributed by atoms with Gasteiger partial charge in [0.1, 0.15) is 0 Å². The maximum atomic E-state index is 11.8. The van der Waals surface area contributed by atoms with Gasteiger partial charge in [-0.3, -0.25) is 4.79 Å². The van der Waals surface area contributed by atoms with E-state index < -0.39 is 17.4 Å². The maximum Gasteiger partial charge on any atom is 0.319 e. The minimum atomic E-state index is -0.864. The van der Waals surface area contributed by atoms with Crippen molar-refractivity contribution in [2.75, 3.05) is 11.9 Å². The van der Waals surface area contributed by atoms with E-state index in [0.717, 1.165) is 5.56 Å². The number of rotatable bonds is 4. The summed E-state index contributed by atoms with van der Waals surface area (Å²) in [6.07, 6.45) is 1.20. The number of urea groups is 1. The highest BCUT2D eigenvalue weighted by Gasteiger charge is 2.50. The average Bonchev–Trinajstić information content (AvgIpc) is 3.15. The summed E-state index contributed by atoms with van der Waals surface area (Å²) in [6, 6.07) is 3.00. The SMILES string of the molecule is Cc1cc(Br)c(NC(=O)NCC2(C(=O)O)CC2)cc1Cl. The molecule has 2 amide bonds. The molecule has 1 fully saturated rings. The first kappa shape index (κ1) is 15.1. The van der Waals surface area contributed by atoms with Gasteiger partial charge >= 0.3 is 12.0 Å². The Morgan fingerprint density at radius 2 is 2.10 bits per heavy atom. The predicted octanol–water partition coefficient (Wildman–Crippen LogP) is 3.40. The second kappa shape index (κ2) is 5.61. The van der Waals surface area contributed by atoms with Crippen molar-refractivity contribution in [1.82, 2.24) is 5.32 Å². The smallest absolute Gasteiger partial charge is 0.319 e. The summed E-state index contributed by atoms with van der Waals surface area (Å²) >= 11 is 9.34. The van der Waals surface area contributed by atoms with E-state index in [4.69, 9.17) is 16.7 Å². The van der Waals surface area contributed by atoms with Crippen LogP contribution in [0.1, 0.15) is 18.4 Å².